The Morgan fingerprint density at radius 3 is 2.93 bits per heavy atom. The summed E-state index contributed by atoms with van der Waals surface area (Å²) in [7, 11) is 0. The molecule has 1 aliphatic carbocycles. The molecule has 0 saturated heterocycles. The Bertz CT molecular complexity index is 391. The molecule has 0 spiro atoms. The number of halogens is 2. The van der Waals surface area contributed by atoms with Crippen LogP contribution in [0.4, 0.5) is 8.78 Å². The zero-order chi connectivity index (χ0) is 11.1. The molecule has 1 heterocycles. The minimum absolute atomic E-state index is 0.0887. The minimum atomic E-state index is -2.69. The zero-order valence-corrected chi connectivity index (χ0v) is 7.73. The van der Waals surface area contributed by atoms with E-state index in [1.165, 1.54) is 0 Å². The highest BCUT2D eigenvalue weighted by molar-refractivity contribution is 5.85. The second-order valence-corrected chi connectivity index (χ2v) is 3.60. The van der Waals surface area contributed by atoms with Gasteiger partial charge in [-0.2, -0.15) is 0 Å². The van der Waals surface area contributed by atoms with Crippen molar-refractivity contribution in [3.63, 3.8) is 0 Å². The first-order valence-electron chi connectivity index (χ1n) is 4.50. The fraction of sp³-hybridized carbons (Fsp3) is 0.625. The minimum Gasteiger partial charge on any atom is -0.476 e. The number of carboxylic acids is 1. The molecule has 15 heavy (non-hydrogen) atoms. The number of aromatic nitrogens is 3. The fourth-order valence-electron chi connectivity index (χ4n) is 1.56. The Balaban J connectivity index is 2.11. The molecule has 0 aliphatic heterocycles. The number of carbonyl (C=O) groups is 1. The summed E-state index contributed by atoms with van der Waals surface area (Å²) in [5.41, 5.74) is -0.155. The maximum Gasteiger partial charge on any atom is 0.355 e. The molecule has 5 nitrogen and oxygen atoms in total. The number of hydrogen-bond acceptors (Lipinski definition) is 3. The fourth-order valence-corrected chi connectivity index (χ4v) is 1.56. The molecule has 1 fully saturated rings. The smallest absolute Gasteiger partial charge is 0.355 e. The van der Waals surface area contributed by atoms with Crippen LogP contribution in [0.1, 0.15) is 23.3 Å². The van der Waals surface area contributed by atoms with Gasteiger partial charge in [-0.1, -0.05) is 5.21 Å². The van der Waals surface area contributed by atoms with Crippen LogP contribution < -0.4 is 0 Å². The summed E-state index contributed by atoms with van der Waals surface area (Å²) >= 11 is 0. The summed E-state index contributed by atoms with van der Waals surface area (Å²) < 4.78 is 26.9. The van der Waals surface area contributed by atoms with E-state index in [0.717, 1.165) is 10.9 Å². The molecule has 1 aromatic rings. The van der Waals surface area contributed by atoms with Gasteiger partial charge in [0, 0.05) is 12.3 Å². The van der Waals surface area contributed by atoms with Crippen molar-refractivity contribution < 1.29 is 18.7 Å². The molecule has 0 radical (unpaired) electrons. The van der Waals surface area contributed by atoms with Crippen molar-refractivity contribution in [1.29, 1.82) is 0 Å². The maximum atomic E-state index is 12.9. The van der Waals surface area contributed by atoms with Gasteiger partial charge in [-0.15, -0.1) is 5.10 Å². The molecule has 2 rings (SSSR count). The Labute approximate surface area is 83.7 Å². The molecule has 7 heteroatoms. The van der Waals surface area contributed by atoms with Gasteiger partial charge in [0.05, 0.1) is 12.7 Å². The van der Waals surface area contributed by atoms with E-state index in [1.54, 1.807) is 0 Å². The lowest BCUT2D eigenvalue weighted by Crippen LogP contribution is -2.41. The predicted octanol–water partition coefficient (Wildman–Crippen LogP) is 1.02. The number of nitrogens with zero attached hydrogens (tertiary/aromatic N) is 3. The van der Waals surface area contributed by atoms with Gasteiger partial charge >= 0.3 is 5.97 Å². The SMILES string of the molecule is O=C(O)c1cnnn1CC1CCC1(F)F. The van der Waals surface area contributed by atoms with Crippen molar-refractivity contribution in [2.45, 2.75) is 25.3 Å². The average Bonchev–Trinajstić information content (AvgIpc) is 2.60. The molecule has 1 saturated carbocycles. The van der Waals surface area contributed by atoms with Crippen molar-refractivity contribution in [3.8, 4) is 0 Å². The van der Waals surface area contributed by atoms with Gasteiger partial charge in [-0.25, -0.2) is 18.3 Å². The van der Waals surface area contributed by atoms with E-state index in [0.29, 0.717) is 6.42 Å². The third-order valence-electron chi connectivity index (χ3n) is 2.65. The molecule has 1 N–H and O–H groups in total. The molecular formula is C8H9F2N3O2. The van der Waals surface area contributed by atoms with Gasteiger partial charge in [0.1, 0.15) is 0 Å². The predicted molar refractivity (Wildman–Crippen MR) is 44.7 cm³/mol. The zero-order valence-electron chi connectivity index (χ0n) is 7.73. The van der Waals surface area contributed by atoms with Crippen LogP contribution in [0, 0.1) is 5.92 Å². The molecule has 1 aliphatic rings. The van der Waals surface area contributed by atoms with E-state index in [1.807, 2.05) is 0 Å². The third kappa shape index (κ3) is 1.69. The molecule has 82 valence electrons. The lowest BCUT2D eigenvalue weighted by Gasteiger charge is -2.35. The quantitative estimate of drug-likeness (QED) is 0.820. The molecule has 0 amide bonds. The van der Waals surface area contributed by atoms with Gasteiger partial charge in [0.15, 0.2) is 5.69 Å². The summed E-state index contributed by atoms with van der Waals surface area (Å²) in [6, 6.07) is 0. The van der Waals surface area contributed by atoms with Crippen LogP contribution in [0.25, 0.3) is 0 Å². The standard InChI is InChI=1S/C8H9F2N3O2/c9-8(10)2-1-5(8)4-13-6(7(14)15)3-11-12-13/h3,5H,1-2,4H2,(H,14,15). The van der Waals surface area contributed by atoms with Crippen molar-refractivity contribution in [1.82, 2.24) is 15.0 Å². The van der Waals surface area contributed by atoms with E-state index >= 15 is 0 Å². The maximum absolute atomic E-state index is 12.9. The first-order valence-corrected chi connectivity index (χ1v) is 4.50. The van der Waals surface area contributed by atoms with Crippen LogP contribution in [0.3, 0.4) is 0 Å². The average molecular weight is 217 g/mol. The Morgan fingerprint density at radius 2 is 2.47 bits per heavy atom. The number of rotatable bonds is 3. The van der Waals surface area contributed by atoms with E-state index in [2.05, 4.69) is 10.3 Å². The van der Waals surface area contributed by atoms with Crippen LogP contribution in [0.15, 0.2) is 6.20 Å². The highest BCUT2D eigenvalue weighted by Gasteiger charge is 2.48. The lowest BCUT2D eigenvalue weighted by molar-refractivity contribution is -0.138. The summed E-state index contributed by atoms with van der Waals surface area (Å²) in [5, 5.41) is 15.6. The second-order valence-electron chi connectivity index (χ2n) is 3.60. The van der Waals surface area contributed by atoms with Gasteiger partial charge < -0.3 is 5.11 Å². The summed E-state index contributed by atoms with van der Waals surface area (Å²) in [6.45, 7) is -0.0887. The van der Waals surface area contributed by atoms with Crippen LogP contribution in [-0.4, -0.2) is 32.0 Å². The monoisotopic (exact) mass is 217 g/mol. The largest absolute Gasteiger partial charge is 0.476 e. The molecule has 1 aromatic heterocycles. The van der Waals surface area contributed by atoms with Crippen molar-refractivity contribution in [3.05, 3.63) is 11.9 Å². The number of hydrogen-bond donors (Lipinski definition) is 1. The third-order valence-corrected chi connectivity index (χ3v) is 2.65. The Kier molecular flexibility index (Phi) is 2.17. The van der Waals surface area contributed by atoms with Crippen LogP contribution in [0.2, 0.25) is 0 Å². The van der Waals surface area contributed by atoms with E-state index in [-0.39, 0.29) is 18.7 Å². The molecule has 1 unspecified atom stereocenters. The molecule has 1 atom stereocenters. The van der Waals surface area contributed by atoms with Crippen LogP contribution in [-0.2, 0) is 6.54 Å². The Morgan fingerprint density at radius 1 is 1.73 bits per heavy atom. The molecule has 0 bridgehead atoms. The van der Waals surface area contributed by atoms with Crippen molar-refractivity contribution in [2.24, 2.45) is 5.92 Å². The van der Waals surface area contributed by atoms with Gasteiger partial charge in [0.25, 0.3) is 5.92 Å². The van der Waals surface area contributed by atoms with Crippen LogP contribution >= 0.6 is 0 Å². The first-order chi connectivity index (χ1) is 7.00. The first kappa shape index (κ1) is 10.0. The van der Waals surface area contributed by atoms with E-state index in [9.17, 15) is 13.6 Å². The van der Waals surface area contributed by atoms with E-state index in [4.69, 9.17) is 5.11 Å². The lowest BCUT2D eigenvalue weighted by atomic mass is 9.81. The van der Waals surface area contributed by atoms with Crippen LogP contribution in [0.5, 0.6) is 0 Å². The van der Waals surface area contributed by atoms with Gasteiger partial charge in [0.2, 0.25) is 0 Å². The van der Waals surface area contributed by atoms with Gasteiger partial charge in [-0.05, 0) is 6.42 Å². The number of carboxylic acid groups (broad SMARTS) is 1. The number of alkyl halides is 2. The topological polar surface area (TPSA) is 68.0 Å². The second kappa shape index (κ2) is 3.25. The van der Waals surface area contributed by atoms with Gasteiger partial charge in [-0.3, -0.25) is 0 Å². The van der Waals surface area contributed by atoms with E-state index < -0.39 is 17.8 Å². The highest BCUT2D eigenvalue weighted by atomic mass is 19.3. The highest BCUT2D eigenvalue weighted by Crippen LogP contribution is 2.44. The van der Waals surface area contributed by atoms with Crippen molar-refractivity contribution >= 4 is 5.97 Å². The van der Waals surface area contributed by atoms with Crippen molar-refractivity contribution in [2.75, 3.05) is 0 Å². The molecular weight excluding hydrogens is 208 g/mol. The molecule has 0 aromatic carbocycles. The summed E-state index contributed by atoms with van der Waals surface area (Å²) in [5.74, 6) is -4.72. The number of aromatic carboxylic acids is 1. The Hall–Kier alpha value is -1.53. The normalized spacial score (nSPS) is 23.5. The summed E-state index contributed by atoms with van der Waals surface area (Å²) in [4.78, 5) is 10.6. The summed E-state index contributed by atoms with van der Waals surface area (Å²) in [6.07, 6.45) is 1.32.